The number of fused-ring (bicyclic) bond motifs is 1. The molecule has 1 heterocycles. The lowest BCUT2D eigenvalue weighted by Gasteiger charge is -2.09. The number of carbonyl (C=O) groups excluding carboxylic acids is 2. The highest BCUT2D eigenvalue weighted by Crippen LogP contribution is 2.22. The maximum absolute atomic E-state index is 12.8. The lowest BCUT2D eigenvalue weighted by atomic mass is 10.1. The Labute approximate surface area is 80.1 Å². The third-order valence-electron chi connectivity index (χ3n) is 2.24. The van der Waals surface area contributed by atoms with Crippen molar-refractivity contribution in [1.29, 1.82) is 0 Å². The molecule has 0 atom stereocenters. The normalized spacial score (nSPS) is 14.4. The van der Waals surface area contributed by atoms with Crippen molar-refractivity contribution in [3.63, 3.8) is 0 Å². The summed E-state index contributed by atoms with van der Waals surface area (Å²) in [6, 6.07) is 4.04. The second-order valence-corrected chi connectivity index (χ2v) is 3.15. The summed E-state index contributed by atoms with van der Waals surface area (Å²) >= 11 is 0. The Hall–Kier alpha value is -1.71. The van der Waals surface area contributed by atoms with Crippen LogP contribution in [0, 0.1) is 5.82 Å². The Kier molecular flexibility index (Phi) is 2.04. The van der Waals surface area contributed by atoms with Gasteiger partial charge in [-0.2, -0.15) is 0 Å². The predicted octanol–water partition coefficient (Wildman–Crippen LogP) is 0.980. The number of carbonyl (C=O) groups is 2. The molecule has 0 saturated heterocycles. The number of amides is 1. The summed E-state index contributed by atoms with van der Waals surface area (Å²) in [6.07, 6.45) is 0.667. The Bertz CT molecular complexity index is 403. The van der Waals surface area contributed by atoms with Crippen molar-refractivity contribution in [2.24, 2.45) is 0 Å². The molecule has 0 unspecified atom stereocenters. The topological polar surface area (TPSA) is 37.4 Å². The van der Waals surface area contributed by atoms with Gasteiger partial charge in [0.05, 0.1) is 6.54 Å². The number of aldehydes is 1. The van der Waals surface area contributed by atoms with Gasteiger partial charge in [-0.3, -0.25) is 4.79 Å². The van der Waals surface area contributed by atoms with Gasteiger partial charge in [-0.15, -0.1) is 0 Å². The Morgan fingerprint density at radius 1 is 1.50 bits per heavy atom. The molecular formula is C10H8FNO2. The first-order valence-electron chi connectivity index (χ1n) is 4.23. The van der Waals surface area contributed by atoms with Crippen molar-refractivity contribution < 1.29 is 14.0 Å². The summed E-state index contributed by atoms with van der Waals surface area (Å²) in [5, 5.41) is 0. The predicted molar refractivity (Wildman–Crippen MR) is 47.2 cm³/mol. The summed E-state index contributed by atoms with van der Waals surface area (Å²) < 4.78 is 12.8. The third-order valence-corrected chi connectivity index (χ3v) is 2.24. The molecule has 3 nitrogen and oxygen atoms in total. The van der Waals surface area contributed by atoms with Crippen molar-refractivity contribution >= 4 is 12.2 Å². The first-order chi connectivity index (χ1) is 6.72. The van der Waals surface area contributed by atoms with Crippen molar-refractivity contribution in [2.45, 2.75) is 6.54 Å². The first-order valence-corrected chi connectivity index (χ1v) is 4.23. The highest BCUT2D eigenvalue weighted by Gasteiger charge is 2.26. The first kappa shape index (κ1) is 8.87. The van der Waals surface area contributed by atoms with Gasteiger partial charge in [0.1, 0.15) is 12.1 Å². The molecular weight excluding hydrogens is 185 g/mol. The maximum Gasteiger partial charge on any atom is 0.254 e. The molecule has 1 aromatic rings. The van der Waals surface area contributed by atoms with Crippen LogP contribution in [0.2, 0.25) is 0 Å². The summed E-state index contributed by atoms with van der Waals surface area (Å²) in [5.74, 6) is -0.559. The van der Waals surface area contributed by atoms with Gasteiger partial charge in [0.2, 0.25) is 0 Å². The lowest BCUT2D eigenvalue weighted by Crippen LogP contribution is -2.25. The van der Waals surface area contributed by atoms with Crippen molar-refractivity contribution in [3.8, 4) is 0 Å². The molecule has 0 N–H and O–H groups in total. The molecule has 0 aromatic heterocycles. The quantitative estimate of drug-likeness (QED) is 0.656. The minimum absolute atomic E-state index is 0.0646. The van der Waals surface area contributed by atoms with Crippen LogP contribution in [0.4, 0.5) is 4.39 Å². The highest BCUT2D eigenvalue weighted by molar-refractivity contribution is 5.99. The summed E-state index contributed by atoms with van der Waals surface area (Å²) in [6.45, 7) is 0.389. The molecule has 2 rings (SSSR count). The molecule has 1 aliphatic heterocycles. The van der Waals surface area contributed by atoms with Crippen LogP contribution in [-0.4, -0.2) is 23.6 Å². The van der Waals surface area contributed by atoms with E-state index >= 15 is 0 Å². The zero-order chi connectivity index (χ0) is 10.1. The molecule has 0 saturated carbocycles. The molecule has 0 bridgehead atoms. The number of nitrogens with zero attached hydrogens (tertiary/aromatic N) is 1. The lowest BCUT2D eigenvalue weighted by molar-refractivity contribution is -0.108. The van der Waals surface area contributed by atoms with Gasteiger partial charge in [0.15, 0.2) is 0 Å². The van der Waals surface area contributed by atoms with E-state index in [4.69, 9.17) is 0 Å². The molecule has 0 aliphatic carbocycles. The van der Waals surface area contributed by atoms with Gasteiger partial charge in [-0.25, -0.2) is 4.39 Å². The minimum Gasteiger partial charge on any atom is -0.327 e. The van der Waals surface area contributed by atoms with Gasteiger partial charge in [0.25, 0.3) is 5.91 Å². The van der Waals surface area contributed by atoms with Gasteiger partial charge >= 0.3 is 0 Å². The van der Waals surface area contributed by atoms with Gasteiger partial charge < -0.3 is 9.69 Å². The zero-order valence-electron chi connectivity index (χ0n) is 7.37. The summed E-state index contributed by atoms with van der Waals surface area (Å²) in [4.78, 5) is 23.2. The maximum atomic E-state index is 12.8. The smallest absolute Gasteiger partial charge is 0.254 e. The van der Waals surface area contributed by atoms with Gasteiger partial charge in [0, 0.05) is 12.1 Å². The summed E-state index contributed by atoms with van der Waals surface area (Å²) in [5.41, 5.74) is 1.14. The second-order valence-electron chi connectivity index (χ2n) is 3.15. The van der Waals surface area contributed by atoms with Crippen LogP contribution < -0.4 is 0 Å². The van der Waals surface area contributed by atoms with Crippen molar-refractivity contribution in [1.82, 2.24) is 4.90 Å². The zero-order valence-corrected chi connectivity index (χ0v) is 7.37. The number of hydrogen-bond acceptors (Lipinski definition) is 2. The average Bonchev–Trinajstić information content (AvgIpc) is 2.44. The van der Waals surface area contributed by atoms with Crippen LogP contribution in [0.25, 0.3) is 0 Å². The van der Waals surface area contributed by atoms with Crippen LogP contribution in [0.3, 0.4) is 0 Å². The van der Waals surface area contributed by atoms with E-state index in [1.807, 2.05) is 0 Å². The standard InChI is InChI=1S/C10H8FNO2/c11-8-1-2-9-7(5-8)6-12(3-4-13)10(9)14/h1-2,4-5H,3,6H2. The molecule has 0 fully saturated rings. The number of hydrogen-bond donors (Lipinski definition) is 0. The third kappa shape index (κ3) is 1.28. The van der Waals surface area contributed by atoms with Crippen LogP contribution >= 0.6 is 0 Å². The Balaban J connectivity index is 2.35. The summed E-state index contributed by atoms with van der Waals surface area (Å²) in [7, 11) is 0. The van der Waals surface area contributed by atoms with Gasteiger partial charge in [-0.05, 0) is 23.8 Å². The fourth-order valence-electron chi connectivity index (χ4n) is 1.59. The van der Waals surface area contributed by atoms with E-state index in [0.717, 1.165) is 0 Å². The highest BCUT2D eigenvalue weighted by atomic mass is 19.1. The Morgan fingerprint density at radius 3 is 3.00 bits per heavy atom. The largest absolute Gasteiger partial charge is 0.327 e. The minimum atomic E-state index is -0.357. The van der Waals surface area contributed by atoms with Crippen LogP contribution in [0.15, 0.2) is 18.2 Å². The molecule has 0 spiro atoms. The van der Waals surface area contributed by atoms with E-state index in [-0.39, 0.29) is 18.3 Å². The van der Waals surface area contributed by atoms with E-state index < -0.39 is 0 Å². The molecule has 72 valence electrons. The molecule has 1 aromatic carbocycles. The van der Waals surface area contributed by atoms with Crippen LogP contribution in [0.1, 0.15) is 15.9 Å². The van der Waals surface area contributed by atoms with E-state index in [2.05, 4.69) is 0 Å². The fourth-order valence-corrected chi connectivity index (χ4v) is 1.59. The van der Waals surface area contributed by atoms with E-state index in [9.17, 15) is 14.0 Å². The second kappa shape index (κ2) is 3.21. The van der Waals surface area contributed by atoms with Crippen molar-refractivity contribution in [2.75, 3.05) is 6.54 Å². The van der Waals surface area contributed by atoms with Crippen LogP contribution in [0.5, 0.6) is 0 Å². The monoisotopic (exact) mass is 193 g/mol. The van der Waals surface area contributed by atoms with E-state index in [1.54, 1.807) is 0 Å². The number of halogens is 1. The molecule has 4 heteroatoms. The average molecular weight is 193 g/mol. The molecule has 0 radical (unpaired) electrons. The van der Waals surface area contributed by atoms with E-state index in [0.29, 0.717) is 24.0 Å². The van der Waals surface area contributed by atoms with Crippen LogP contribution in [-0.2, 0) is 11.3 Å². The molecule has 1 aliphatic rings. The Morgan fingerprint density at radius 2 is 2.29 bits per heavy atom. The van der Waals surface area contributed by atoms with E-state index in [1.165, 1.54) is 23.1 Å². The van der Waals surface area contributed by atoms with Crippen molar-refractivity contribution in [3.05, 3.63) is 35.1 Å². The molecule has 1 amide bonds. The van der Waals surface area contributed by atoms with Gasteiger partial charge in [-0.1, -0.05) is 0 Å². The number of benzene rings is 1. The number of rotatable bonds is 2. The SMILES string of the molecule is O=CCN1Cc2cc(F)ccc2C1=O. The molecule has 14 heavy (non-hydrogen) atoms. The fraction of sp³-hybridized carbons (Fsp3) is 0.200.